The number of carbonyl (C=O) groups is 1. The second-order valence-electron chi connectivity index (χ2n) is 5.95. The Morgan fingerprint density at radius 3 is 2.43 bits per heavy atom. The van der Waals surface area contributed by atoms with Crippen LogP contribution in [0.25, 0.3) is 0 Å². The van der Waals surface area contributed by atoms with Crippen LogP contribution in [0.3, 0.4) is 0 Å². The number of anilines is 1. The molecule has 28 heavy (non-hydrogen) atoms. The summed E-state index contributed by atoms with van der Waals surface area (Å²) in [6, 6.07) is 6.14. The van der Waals surface area contributed by atoms with E-state index in [0.29, 0.717) is 6.07 Å². The zero-order valence-corrected chi connectivity index (χ0v) is 15.4. The normalized spacial score (nSPS) is 11.2. The topological polar surface area (TPSA) is 93.5 Å². The summed E-state index contributed by atoms with van der Waals surface area (Å²) in [5.74, 6) is -0.766. The van der Waals surface area contributed by atoms with Crippen molar-refractivity contribution in [1.82, 2.24) is 5.43 Å². The summed E-state index contributed by atoms with van der Waals surface area (Å²) in [7, 11) is 0. The van der Waals surface area contributed by atoms with E-state index < -0.39 is 22.6 Å². The highest BCUT2D eigenvalue weighted by Crippen LogP contribution is 2.37. The van der Waals surface area contributed by atoms with Crippen molar-refractivity contribution >= 4 is 28.9 Å². The van der Waals surface area contributed by atoms with E-state index in [-0.39, 0.29) is 33.8 Å². The quantitative estimate of drug-likeness (QED) is 0.500. The first-order chi connectivity index (χ1) is 13.0. The standard InChI is InChI=1S/C17H15ClF3N3O4/c1-9(2)16(25)23-22-13-8-11(4-5-14(13)24(26)27)28-15-6-3-10(7-12(15)18)17(19,20)21/h3-9,22H,1-2H3,(H,23,25). The lowest BCUT2D eigenvalue weighted by Gasteiger charge is -2.13. The Bertz CT molecular complexity index is 904. The predicted molar refractivity (Wildman–Crippen MR) is 96.2 cm³/mol. The molecular weight excluding hydrogens is 403 g/mol. The summed E-state index contributed by atoms with van der Waals surface area (Å²) in [5.41, 5.74) is 3.42. The van der Waals surface area contributed by atoms with Crippen LogP contribution >= 0.6 is 11.6 Å². The molecule has 0 saturated heterocycles. The average molecular weight is 418 g/mol. The largest absolute Gasteiger partial charge is 0.456 e. The van der Waals surface area contributed by atoms with Crippen LogP contribution in [-0.4, -0.2) is 10.8 Å². The molecule has 2 rings (SSSR count). The molecular formula is C17H15ClF3N3O4. The number of hydrogen-bond donors (Lipinski definition) is 2. The molecule has 0 aliphatic carbocycles. The zero-order chi connectivity index (χ0) is 21.1. The monoisotopic (exact) mass is 417 g/mol. The Morgan fingerprint density at radius 1 is 1.21 bits per heavy atom. The van der Waals surface area contributed by atoms with E-state index in [1.54, 1.807) is 13.8 Å². The Morgan fingerprint density at radius 2 is 1.89 bits per heavy atom. The smallest absolute Gasteiger partial charge is 0.416 e. The van der Waals surface area contributed by atoms with Gasteiger partial charge in [-0.2, -0.15) is 13.2 Å². The van der Waals surface area contributed by atoms with E-state index >= 15 is 0 Å². The highest BCUT2D eigenvalue weighted by molar-refractivity contribution is 6.32. The molecule has 11 heteroatoms. The van der Waals surface area contributed by atoms with Crippen molar-refractivity contribution < 1.29 is 27.6 Å². The molecule has 0 bridgehead atoms. The molecule has 0 aliphatic heterocycles. The maximum absolute atomic E-state index is 12.7. The number of rotatable bonds is 6. The van der Waals surface area contributed by atoms with Crippen LogP contribution < -0.4 is 15.6 Å². The van der Waals surface area contributed by atoms with Gasteiger partial charge in [0.2, 0.25) is 5.91 Å². The van der Waals surface area contributed by atoms with Gasteiger partial charge in [0.15, 0.2) is 0 Å². The van der Waals surface area contributed by atoms with E-state index in [0.717, 1.165) is 18.2 Å². The molecule has 1 amide bonds. The van der Waals surface area contributed by atoms with Gasteiger partial charge in [-0.25, -0.2) is 0 Å². The lowest BCUT2D eigenvalue weighted by Crippen LogP contribution is -2.33. The van der Waals surface area contributed by atoms with Gasteiger partial charge in [0.05, 0.1) is 15.5 Å². The number of carbonyl (C=O) groups excluding carboxylic acids is 1. The summed E-state index contributed by atoms with van der Waals surface area (Å²) < 4.78 is 43.5. The molecule has 2 aromatic rings. The van der Waals surface area contributed by atoms with E-state index in [4.69, 9.17) is 16.3 Å². The van der Waals surface area contributed by atoms with E-state index in [1.807, 2.05) is 0 Å². The summed E-state index contributed by atoms with van der Waals surface area (Å²) >= 11 is 5.84. The van der Waals surface area contributed by atoms with Gasteiger partial charge in [0.25, 0.3) is 5.69 Å². The minimum Gasteiger partial charge on any atom is -0.456 e. The lowest BCUT2D eigenvalue weighted by molar-refractivity contribution is -0.384. The molecule has 7 nitrogen and oxygen atoms in total. The Kier molecular flexibility index (Phi) is 6.34. The van der Waals surface area contributed by atoms with Gasteiger partial charge >= 0.3 is 6.18 Å². The Hall–Kier alpha value is -3.01. The highest BCUT2D eigenvalue weighted by atomic mass is 35.5. The molecule has 0 aromatic heterocycles. The van der Waals surface area contributed by atoms with Crippen LogP contribution in [0.4, 0.5) is 24.5 Å². The van der Waals surface area contributed by atoms with E-state index in [1.165, 1.54) is 12.1 Å². The number of nitro benzene ring substituents is 1. The maximum atomic E-state index is 12.7. The molecule has 0 atom stereocenters. The summed E-state index contributed by atoms with van der Waals surface area (Å²) in [4.78, 5) is 22.1. The Labute approximate surface area is 162 Å². The van der Waals surface area contributed by atoms with Gasteiger partial charge in [-0.15, -0.1) is 0 Å². The van der Waals surface area contributed by atoms with Crippen molar-refractivity contribution in [2.24, 2.45) is 5.92 Å². The number of alkyl halides is 3. The van der Waals surface area contributed by atoms with Gasteiger partial charge in [-0.3, -0.25) is 25.8 Å². The number of benzene rings is 2. The number of nitro groups is 1. The molecule has 2 aromatic carbocycles. The van der Waals surface area contributed by atoms with Crippen molar-refractivity contribution in [1.29, 1.82) is 0 Å². The predicted octanol–water partition coefficient (Wildman–Crippen LogP) is 5.16. The van der Waals surface area contributed by atoms with Crippen LogP contribution in [0, 0.1) is 16.0 Å². The fraction of sp³-hybridized carbons (Fsp3) is 0.235. The van der Waals surface area contributed by atoms with Crippen molar-refractivity contribution in [3.05, 3.63) is 57.1 Å². The number of ether oxygens (including phenoxy) is 1. The second kappa shape index (κ2) is 8.34. The SMILES string of the molecule is CC(C)C(=O)NNc1cc(Oc2ccc(C(F)(F)F)cc2Cl)ccc1[N+](=O)[O-]. The highest BCUT2D eigenvalue weighted by Gasteiger charge is 2.31. The number of nitrogens with one attached hydrogen (secondary N) is 2. The third-order valence-electron chi connectivity index (χ3n) is 3.50. The summed E-state index contributed by atoms with van der Waals surface area (Å²) in [6.07, 6.45) is -4.55. The third-order valence-corrected chi connectivity index (χ3v) is 3.79. The number of halogens is 4. The van der Waals surface area contributed by atoms with Crippen molar-refractivity contribution in [2.75, 3.05) is 5.43 Å². The molecule has 0 fully saturated rings. The number of hydrogen-bond acceptors (Lipinski definition) is 5. The van der Waals surface area contributed by atoms with Crippen LogP contribution in [0.2, 0.25) is 5.02 Å². The minimum atomic E-state index is -4.55. The van der Waals surface area contributed by atoms with E-state index in [2.05, 4.69) is 10.9 Å². The van der Waals surface area contributed by atoms with Gasteiger partial charge in [-0.05, 0) is 24.3 Å². The average Bonchev–Trinajstić information content (AvgIpc) is 2.60. The van der Waals surface area contributed by atoms with Crippen LogP contribution in [0.1, 0.15) is 19.4 Å². The first-order valence-electron chi connectivity index (χ1n) is 7.88. The molecule has 0 aliphatic rings. The molecule has 0 unspecified atom stereocenters. The number of amides is 1. The summed E-state index contributed by atoms with van der Waals surface area (Å²) in [5, 5.41) is 10.9. The van der Waals surface area contributed by atoms with Gasteiger partial charge in [-0.1, -0.05) is 25.4 Å². The van der Waals surface area contributed by atoms with Crippen molar-refractivity contribution in [3.8, 4) is 11.5 Å². The zero-order valence-electron chi connectivity index (χ0n) is 14.6. The number of hydrazine groups is 1. The fourth-order valence-corrected chi connectivity index (χ4v) is 2.22. The molecule has 0 radical (unpaired) electrons. The number of nitrogens with zero attached hydrogens (tertiary/aromatic N) is 1. The maximum Gasteiger partial charge on any atom is 0.416 e. The van der Waals surface area contributed by atoms with Crippen molar-refractivity contribution in [2.45, 2.75) is 20.0 Å². The van der Waals surface area contributed by atoms with Crippen molar-refractivity contribution in [3.63, 3.8) is 0 Å². The first-order valence-corrected chi connectivity index (χ1v) is 8.25. The first kappa shape index (κ1) is 21.3. The van der Waals surface area contributed by atoms with Gasteiger partial charge in [0, 0.05) is 18.1 Å². The second-order valence-corrected chi connectivity index (χ2v) is 6.36. The minimum absolute atomic E-state index is 0.0635. The van der Waals surface area contributed by atoms with Crippen LogP contribution in [0.5, 0.6) is 11.5 Å². The molecule has 0 spiro atoms. The van der Waals surface area contributed by atoms with E-state index in [9.17, 15) is 28.1 Å². The molecule has 0 heterocycles. The fourth-order valence-electron chi connectivity index (χ4n) is 2.00. The molecule has 0 saturated carbocycles. The van der Waals surface area contributed by atoms with Crippen LogP contribution in [-0.2, 0) is 11.0 Å². The van der Waals surface area contributed by atoms with Gasteiger partial charge in [0.1, 0.15) is 17.2 Å². The molecule has 150 valence electrons. The lowest BCUT2D eigenvalue weighted by atomic mass is 10.2. The summed E-state index contributed by atoms with van der Waals surface area (Å²) in [6.45, 7) is 3.27. The third kappa shape index (κ3) is 5.26. The Balaban J connectivity index is 2.28. The molecule has 2 N–H and O–H groups in total. The van der Waals surface area contributed by atoms with Crippen LogP contribution in [0.15, 0.2) is 36.4 Å². The van der Waals surface area contributed by atoms with Gasteiger partial charge < -0.3 is 4.74 Å².